The first-order valence-electron chi connectivity index (χ1n) is 6.53. The van der Waals surface area contributed by atoms with Crippen molar-refractivity contribution in [1.29, 1.82) is 0 Å². The summed E-state index contributed by atoms with van der Waals surface area (Å²) >= 11 is 9.53. The second-order valence-electron chi connectivity index (χ2n) is 4.54. The fourth-order valence-corrected chi connectivity index (χ4v) is 2.38. The maximum Gasteiger partial charge on any atom is 0.132 e. The molecule has 0 aliphatic carbocycles. The Morgan fingerprint density at radius 1 is 1.15 bits per heavy atom. The summed E-state index contributed by atoms with van der Waals surface area (Å²) in [6.07, 6.45) is 0. The van der Waals surface area contributed by atoms with Crippen molar-refractivity contribution < 1.29 is 4.74 Å². The van der Waals surface area contributed by atoms with Crippen LogP contribution in [0.1, 0.15) is 18.1 Å². The number of nitrogens with one attached hydrogen (secondary N) is 1. The summed E-state index contributed by atoms with van der Waals surface area (Å²) < 4.78 is 7.04. The van der Waals surface area contributed by atoms with Gasteiger partial charge in [0.2, 0.25) is 0 Å². The Bertz CT molecular complexity index is 601. The summed E-state index contributed by atoms with van der Waals surface area (Å²) in [5.74, 6) is 1.68. The molecule has 2 aromatic carbocycles. The van der Waals surface area contributed by atoms with Crippen LogP contribution in [0, 0.1) is 6.92 Å². The summed E-state index contributed by atoms with van der Waals surface area (Å²) in [5.41, 5.74) is 2.15. The lowest BCUT2D eigenvalue weighted by Gasteiger charge is -2.14. The second kappa shape index (κ2) is 7.11. The van der Waals surface area contributed by atoms with E-state index in [0.29, 0.717) is 0 Å². The lowest BCUT2D eigenvalue weighted by Crippen LogP contribution is -2.12. The lowest BCUT2D eigenvalue weighted by molar-refractivity contribution is 0.469. The lowest BCUT2D eigenvalue weighted by atomic mass is 10.2. The van der Waals surface area contributed by atoms with Gasteiger partial charge in [-0.3, -0.25) is 0 Å². The van der Waals surface area contributed by atoms with Gasteiger partial charge in [0.05, 0.1) is 0 Å². The number of benzene rings is 2. The summed E-state index contributed by atoms with van der Waals surface area (Å²) in [6.45, 7) is 5.74. The first kappa shape index (κ1) is 15.4. The molecule has 2 rings (SSSR count). The molecule has 1 N–H and O–H groups in total. The zero-order valence-corrected chi connectivity index (χ0v) is 13.9. The van der Waals surface area contributed by atoms with Crippen LogP contribution in [0.15, 0.2) is 40.9 Å². The predicted octanol–water partition coefficient (Wildman–Crippen LogP) is 5.31. The van der Waals surface area contributed by atoms with Gasteiger partial charge in [0, 0.05) is 21.6 Å². The fourth-order valence-electron chi connectivity index (χ4n) is 1.85. The van der Waals surface area contributed by atoms with Gasteiger partial charge in [-0.25, -0.2) is 0 Å². The van der Waals surface area contributed by atoms with Crippen molar-refractivity contribution in [2.75, 3.05) is 6.54 Å². The van der Waals surface area contributed by atoms with Crippen LogP contribution in [0.3, 0.4) is 0 Å². The molecule has 0 aliphatic heterocycles. The molecule has 106 valence electrons. The van der Waals surface area contributed by atoms with Gasteiger partial charge in [0.25, 0.3) is 0 Å². The van der Waals surface area contributed by atoms with E-state index >= 15 is 0 Å². The normalized spacial score (nSPS) is 10.6. The molecule has 0 amide bonds. The van der Waals surface area contributed by atoms with E-state index in [-0.39, 0.29) is 0 Å². The minimum absolute atomic E-state index is 0.719. The van der Waals surface area contributed by atoms with Crippen LogP contribution in [0.2, 0.25) is 5.02 Å². The number of aryl methyl sites for hydroxylation is 1. The predicted molar refractivity (Wildman–Crippen MR) is 87.8 cm³/mol. The molecule has 0 unspecified atom stereocenters. The second-order valence-corrected chi connectivity index (χ2v) is 5.90. The maximum atomic E-state index is 6.06. The van der Waals surface area contributed by atoms with E-state index in [1.165, 1.54) is 0 Å². The highest BCUT2D eigenvalue weighted by atomic mass is 79.9. The zero-order valence-electron chi connectivity index (χ0n) is 11.5. The van der Waals surface area contributed by atoms with Crippen LogP contribution < -0.4 is 10.1 Å². The highest BCUT2D eigenvalue weighted by Crippen LogP contribution is 2.31. The minimum Gasteiger partial charge on any atom is -0.457 e. The molecule has 4 heteroatoms. The number of hydrogen-bond donors (Lipinski definition) is 1. The Morgan fingerprint density at radius 2 is 1.95 bits per heavy atom. The van der Waals surface area contributed by atoms with Gasteiger partial charge in [-0.15, -0.1) is 0 Å². The monoisotopic (exact) mass is 353 g/mol. The van der Waals surface area contributed by atoms with Crippen molar-refractivity contribution in [3.05, 3.63) is 57.0 Å². The molecule has 0 heterocycles. The summed E-state index contributed by atoms with van der Waals surface area (Å²) in [4.78, 5) is 0. The Kier molecular flexibility index (Phi) is 5.46. The molecule has 0 spiro atoms. The molecule has 0 saturated heterocycles. The van der Waals surface area contributed by atoms with E-state index < -0.39 is 0 Å². The Balaban J connectivity index is 2.30. The summed E-state index contributed by atoms with van der Waals surface area (Å²) in [5, 5.41) is 4.01. The smallest absolute Gasteiger partial charge is 0.132 e. The van der Waals surface area contributed by atoms with Crippen LogP contribution in [-0.4, -0.2) is 6.54 Å². The Hall–Kier alpha value is -1.03. The molecule has 2 aromatic rings. The van der Waals surface area contributed by atoms with Crippen LogP contribution >= 0.6 is 27.5 Å². The van der Waals surface area contributed by atoms with Crippen molar-refractivity contribution >= 4 is 27.5 Å². The van der Waals surface area contributed by atoms with E-state index in [2.05, 4.69) is 28.2 Å². The number of hydrogen-bond acceptors (Lipinski definition) is 2. The van der Waals surface area contributed by atoms with Gasteiger partial charge in [-0.1, -0.05) is 40.5 Å². The fraction of sp³-hybridized carbons (Fsp3) is 0.250. The van der Waals surface area contributed by atoms with E-state index in [4.69, 9.17) is 16.3 Å². The van der Waals surface area contributed by atoms with Crippen molar-refractivity contribution in [3.63, 3.8) is 0 Å². The third-order valence-corrected chi connectivity index (χ3v) is 3.69. The average molecular weight is 355 g/mol. The van der Waals surface area contributed by atoms with Crippen LogP contribution in [0.25, 0.3) is 0 Å². The van der Waals surface area contributed by atoms with Gasteiger partial charge in [0.15, 0.2) is 0 Å². The van der Waals surface area contributed by atoms with Crippen molar-refractivity contribution in [2.45, 2.75) is 20.4 Å². The molecule has 0 fully saturated rings. The molecule has 0 aliphatic rings. The molecule has 0 bridgehead atoms. The van der Waals surface area contributed by atoms with Crippen LogP contribution in [-0.2, 0) is 6.54 Å². The van der Waals surface area contributed by atoms with Gasteiger partial charge < -0.3 is 10.1 Å². The average Bonchev–Trinajstić information content (AvgIpc) is 2.43. The molecular formula is C16H17BrClNO. The van der Waals surface area contributed by atoms with Gasteiger partial charge in [0.1, 0.15) is 11.5 Å². The summed E-state index contributed by atoms with van der Waals surface area (Å²) in [6, 6.07) is 11.7. The van der Waals surface area contributed by atoms with Gasteiger partial charge in [-0.2, -0.15) is 0 Å². The first-order chi connectivity index (χ1) is 9.60. The van der Waals surface area contributed by atoms with Gasteiger partial charge >= 0.3 is 0 Å². The van der Waals surface area contributed by atoms with Gasteiger partial charge in [-0.05, 0) is 49.4 Å². The number of halogens is 2. The van der Waals surface area contributed by atoms with Crippen molar-refractivity contribution in [1.82, 2.24) is 5.32 Å². The SMILES string of the molecule is CCNCc1cc(Cl)ccc1Oc1cc(Br)ccc1C. The van der Waals surface area contributed by atoms with E-state index in [1.54, 1.807) is 0 Å². The van der Waals surface area contributed by atoms with Crippen LogP contribution in [0.4, 0.5) is 0 Å². The van der Waals surface area contributed by atoms with E-state index in [0.717, 1.165) is 45.2 Å². The highest BCUT2D eigenvalue weighted by molar-refractivity contribution is 9.10. The number of ether oxygens (including phenoxy) is 1. The minimum atomic E-state index is 0.719. The molecule has 2 nitrogen and oxygen atoms in total. The molecule has 20 heavy (non-hydrogen) atoms. The molecule has 0 atom stereocenters. The van der Waals surface area contributed by atoms with Crippen molar-refractivity contribution in [2.24, 2.45) is 0 Å². The molecule has 0 aromatic heterocycles. The first-order valence-corrected chi connectivity index (χ1v) is 7.70. The molecule has 0 radical (unpaired) electrons. The third-order valence-electron chi connectivity index (χ3n) is 2.96. The Labute approximate surface area is 133 Å². The topological polar surface area (TPSA) is 21.3 Å². The van der Waals surface area contributed by atoms with Crippen LogP contribution in [0.5, 0.6) is 11.5 Å². The maximum absolute atomic E-state index is 6.06. The van der Waals surface area contributed by atoms with Crippen molar-refractivity contribution in [3.8, 4) is 11.5 Å². The highest BCUT2D eigenvalue weighted by Gasteiger charge is 2.08. The molecular weight excluding hydrogens is 338 g/mol. The standard InChI is InChI=1S/C16H17BrClNO/c1-3-19-10-12-8-14(18)6-7-15(12)20-16-9-13(17)5-4-11(16)2/h4-9,19H,3,10H2,1-2H3. The number of rotatable bonds is 5. The largest absolute Gasteiger partial charge is 0.457 e. The van der Waals surface area contributed by atoms with E-state index in [9.17, 15) is 0 Å². The van der Waals surface area contributed by atoms with E-state index in [1.807, 2.05) is 43.3 Å². The third kappa shape index (κ3) is 3.98. The Morgan fingerprint density at radius 3 is 2.70 bits per heavy atom. The quantitative estimate of drug-likeness (QED) is 0.785. The molecule has 0 saturated carbocycles. The zero-order chi connectivity index (χ0) is 14.5. The summed E-state index contributed by atoms with van der Waals surface area (Å²) in [7, 11) is 0.